The number of nitrogen functional groups attached to an aromatic ring is 1. The van der Waals surface area contributed by atoms with Gasteiger partial charge in [0.05, 0.1) is 12.1 Å². The smallest absolute Gasteiger partial charge is 0.137 e. The number of anilines is 1. The van der Waals surface area contributed by atoms with Gasteiger partial charge in [-0.15, -0.1) is 0 Å². The van der Waals surface area contributed by atoms with Crippen LogP contribution < -0.4 is 10.5 Å². The summed E-state index contributed by atoms with van der Waals surface area (Å²) in [6.07, 6.45) is 0. The lowest BCUT2D eigenvalue weighted by Gasteiger charge is -2.11. The lowest BCUT2D eigenvalue weighted by atomic mass is 10.1. The first-order chi connectivity index (χ1) is 8.95. The molecule has 0 amide bonds. The van der Waals surface area contributed by atoms with Crippen LogP contribution in [0.25, 0.3) is 11.3 Å². The van der Waals surface area contributed by atoms with Crippen LogP contribution in [0.15, 0.2) is 18.2 Å². The maximum atomic E-state index is 6.18. The van der Waals surface area contributed by atoms with Crippen LogP contribution in [-0.2, 0) is 0 Å². The molecule has 0 aliphatic rings. The minimum atomic E-state index is 0.273. The fourth-order valence-electron chi connectivity index (χ4n) is 2.24. The number of hydrogen-bond acceptors (Lipinski definition) is 3. The molecule has 0 spiro atoms. The van der Waals surface area contributed by atoms with Crippen LogP contribution >= 0.6 is 11.6 Å². The van der Waals surface area contributed by atoms with Crippen molar-refractivity contribution in [2.75, 3.05) is 12.8 Å². The number of hydrogen-bond donors (Lipinski definition) is 1. The van der Waals surface area contributed by atoms with Gasteiger partial charge in [-0.05, 0) is 39.0 Å². The SMILES string of the molecule is COc1ccc(-c2nc(C)n(C(C)C)c2N)cc1Cl. The molecule has 0 aliphatic heterocycles. The molecule has 0 atom stereocenters. The van der Waals surface area contributed by atoms with Crippen molar-refractivity contribution in [2.45, 2.75) is 26.8 Å². The molecular formula is C14H18ClN3O. The van der Waals surface area contributed by atoms with Gasteiger partial charge in [0.1, 0.15) is 23.1 Å². The summed E-state index contributed by atoms with van der Waals surface area (Å²) in [6.45, 7) is 6.11. The Morgan fingerprint density at radius 3 is 2.53 bits per heavy atom. The summed E-state index contributed by atoms with van der Waals surface area (Å²) in [6, 6.07) is 5.83. The van der Waals surface area contributed by atoms with Crippen LogP contribution in [0.4, 0.5) is 5.82 Å². The Hall–Kier alpha value is -1.68. The van der Waals surface area contributed by atoms with Crippen molar-refractivity contribution < 1.29 is 4.74 Å². The van der Waals surface area contributed by atoms with Crippen molar-refractivity contribution in [3.05, 3.63) is 29.0 Å². The number of aromatic nitrogens is 2. The second-order valence-electron chi connectivity index (χ2n) is 4.71. The molecule has 0 aliphatic carbocycles. The number of ether oxygens (including phenoxy) is 1. The Bertz CT molecular complexity index is 605. The van der Waals surface area contributed by atoms with E-state index in [1.807, 2.05) is 29.7 Å². The summed E-state index contributed by atoms with van der Waals surface area (Å²) in [5.41, 5.74) is 7.84. The van der Waals surface area contributed by atoms with E-state index in [2.05, 4.69) is 18.8 Å². The van der Waals surface area contributed by atoms with Crippen molar-refractivity contribution in [1.29, 1.82) is 0 Å². The Balaban J connectivity index is 2.54. The Kier molecular flexibility index (Phi) is 3.71. The Morgan fingerprint density at radius 1 is 1.37 bits per heavy atom. The number of rotatable bonds is 3. The van der Waals surface area contributed by atoms with E-state index in [9.17, 15) is 0 Å². The van der Waals surface area contributed by atoms with Gasteiger partial charge in [-0.25, -0.2) is 4.98 Å². The third-order valence-corrected chi connectivity index (χ3v) is 3.36. The van der Waals surface area contributed by atoms with Gasteiger partial charge in [-0.3, -0.25) is 0 Å². The summed E-state index contributed by atoms with van der Waals surface area (Å²) in [7, 11) is 1.59. The van der Waals surface area contributed by atoms with Crippen LogP contribution in [-0.4, -0.2) is 16.7 Å². The van der Waals surface area contributed by atoms with Gasteiger partial charge in [-0.1, -0.05) is 11.6 Å². The van der Waals surface area contributed by atoms with Crippen molar-refractivity contribution in [3.8, 4) is 17.0 Å². The number of halogens is 1. The second kappa shape index (κ2) is 5.13. The second-order valence-corrected chi connectivity index (χ2v) is 5.11. The van der Waals surface area contributed by atoms with Crippen LogP contribution in [0, 0.1) is 6.92 Å². The molecule has 2 N–H and O–H groups in total. The highest BCUT2D eigenvalue weighted by molar-refractivity contribution is 6.32. The number of nitrogens with two attached hydrogens (primary N) is 1. The maximum Gasteiger partial charge on any atom is 0.137 e. The van der Waals surface area contributed by atoms with E-state index in [1.54, 1.807) is 7.11 Å². The minimum Gasteiger partial charge on any atom is -0.495 e. The van der Waals surface area contributed by atoms with Crippen molar-refractivity contribution in [2.24, 2.45) is 0 Å². The van der Waals surface area contributed by atoms with Crippen molar-refractivity contribution in [3.63, 3.8) is 0 Å². The fourth-order valence-corrected chi connectivity index (χ4v) is 2.50. The number of aryl methyl sites for hydroxylation is 1. The predicted octanol–water partition coefficient (Wildman–Crippen LogP) is 3.68. The molecule has 5 heteroatoms. The van der Waals surface area contributed by atoms with Gasteiger partial charge < -0.3 is 15.0 Å². The normalized spacial score (nSPS) is 11.1. The van der Waals surface area contributed by atoms with Crippen LogP contribution in [0.2, 0.25) is 5.02 Å². The topological polar surface area (TPSA) is 53.1 Å². The lowest BCUT2D eigenvalue weighted by molar-refractivity contribution is 0.415. The summed E-state index contributed by atoms with van der Waals surface area (Å²) >= 11 is 6.14. The van der Waals surface area contributed by atoms with Gasteiger partial charge in [0.25, 0.3) is 0 Å². The molecule has 1 heterocycles. The summed E-state index contributed by atoms with van der Waals surface area (Å²) < 4.78 is 7.15. The molecule has 4 nitrogen and oxygen atoms in total. The van der Waals surface area contributed by atoms with Crippen LogP contribution in [0.3, 0.4) is 0 Å². The zero-order valence-electron chi connectivity index (χ0n) is 11.6. The minimum absolute atomic E-state index is 0.273. The molecular weight excluding hydrogens is 262 g/mol. The molecule has 2 aromatic rings. The van der Waals surface area contributed by atoms with E-state index in [-0.39, 0.29) is 6.04 Å². The van der Waals surface area contributed by atoms with Gasteiger partial charge in [0.15, 0.2) is 0 Å². The first kappa shape index (κ1) is 13.7. The predicted molar refractivity (Wildman–Crippen MR) is 78.8 cm³/mol. The highest BCUT2D eigenvalue weighted by Gasteiger charge is 2.16. The average Bonchev–Trinajstić information content (AvgIpc) is 2.64. The van der Waals surface area contributed by atoms with Gasteiger partial charge >= 0.3 is 0 Å². The Labute approximate surface area is 118 Å². The Morgan fingerprint density at radius 2 is 2.05 bits per heavy atom. The van der Waals surface area contributed by atoms with E-state index in [0.717, 1.165) is 17.1 Å². The average molecular weight is 280 g/mol. The third-order valence-electron chi connectivity index (χ3n) is 3.07. The van der Waals surface area contributed by atoms with Crippen LogP contribution in [0.5, 0.6) is 5.75 Å². The molecule has 1 aromatic carbocycles. The fraction of sp³-hybridized carbons (Fsp3) is 0.357. The zero-order chi connectivity index (χ0) is 14.2. The molecule has 0 bridgehead atoms. The van der Waals surface area contributed by atoms with E-state index >= 15 is 0 Å². The first-order valence-corrected chi connectivity index (χ1v) is 6.51. The third kappa shape index (κ3) is 2.40. The highest BCUT2D eigenvalue weighted by Crippen LogP contribution is 2.33. The van der Waals surface area contributed by atoms with E-state index < -0.39 is 0 Å². The highest BCUT2D eigenvalue weighted by atomic mass is 35.5. The zero-order valence-corrected chi connectivity index (χ0v) is 12.3. The van der Waals surface area contributed by atoms with Gasteiger partial charge in [0.2, 0.25) is 0 Å². The number of methoxy groups -OCH3 is 1. The standard InChI is InChI=1S/C14H18ClN3O/c1-8(2)18-9(3)17-13(14(18)16)10-5-6-12(19-4)11(15)7-10/h5-8H,16H2,1-4H3. The molecule has 19 heavy (non-hydrogen) atoms. The van der Waals surface area contributed by atoms with Crippen molar-refractivity contribution >= 4 is 17.4 Å². The molecule has 0 radical (unpaired) electrons. The van der Waals surface area contributed by atoms with Crippen molar-refractivity contribution in [1.82, 2.24) is 9.55 Å². The summed E-state index contributed by atoms with van der Waals surface area (Å²) in [4.78, 5) is 4.54. The van der Waals surface area contributed by atoms with Gasteiger partial charge in [0, 0.05) is 11.6 Å². The quantitative estimate of drug-likeness (QED) is 0.932. The number of imidazole rings is 1. The van der Waals surface area contributed by atoms with Crippen LogP contribution in [0.1, 0.15) is 25.7 Å². The largest absolute Gasteiger partial charge is 0.495 e. The molecule has 0 saturated heterocycles. The maximum absolute atomic E-state index is 6.18. The molecule has 0 saturated carbocycles. The first-order valence-electron chi connectivity index (χ1n) is 6.14. The lowest BCUT2D eigenvalue weighted by Crippen LogP contribution is -2.07. The molecule has 2 rings (SSSR count). The van der Waals surface area contributed by atoms with E-state index in [1.165, 1.54) is 0 Å². The monoisotopic (exact) mass is 279 g/mol. The summed E-state index contributed by atoms with van der Waals surface area (Å²) in [5, 5.41) is 0.552. The molecule has 102 valence electrons. The molecule has 0 fully saturated rings. The van der Waals surface area contributed by atoms with E-state index in [4.69, 9.17) is 22.1 Å². The van der Waals surface area contributed by atoms with Gasteiger partial charge in [-0.2, -0.15) is 0 Å². The van der Waals surface area contributed by atoms with E-state index in [0.29, 0.717) is 16.6 Å². The summed E-state index contributed by atoms with van der Waals surface area (Å²) in [5.74, 6) is 2.20. The number of nitrogens with zero attached hydrogens (tertiary/aromatic N) is 2. The molecule has 0 unspecified atom stereocenters. The number of benzene rings is 1. The molecule has 1 aromatic heterocycles.